The van der Waals surface area contributed by atoms with Crippen molar-refractivity contribution in [2.75, 3.05) is 0 Å². The molecular weight excluding hydrogens is 158 g/mol. The molecule has 0 amide bonds. The summed E-state index contributed by atoms with van der Waals surface area (Å²) >= 11 is 0. The second-order valence-corrected chi connectivity index (χ2v) is 2.75. The van der Waals surface area contributed by atoms with Gasteiger partial charge in [0.25, 0.3) is 0 Å². The van der Waals surface area contributed by atoms with Crippen LogP contribution in [0.2, 0.25) is 0 Å². The highest BCUT2D eigenvalue weighted by atomic mass is 16.4. The molecule has 4 nitrogen and oxygen atoms in total. The SMILES string of the molecule is CC(O)Cn1ccc(C(=O)O)c1. The summed E-state index contributed by atoms with van der Waals surface area (Å²) in [5, 5.41) is 17.5. The van der Waals surface area contributed by atoms with Crippen LogP contribution in [0.4, 0.5) is 0 Å². The molecule has 0 aliphatic heterocycles. The highest BCUT2D eigenvalue weighted by molar-refractivity contribution is 5.87. The second-order valence-electron chi connectivity index (χ2n) is 2.75. The van der Waals surface area contributed by atoms with E-state index in [1.165, 1.54) is 12.3 Å². The second kappa shape index (κ2) is 3.40. The predicted molar refractivity (Wildman–Crippen MR) is 43.1 cm³/mol. The van der Waals surface area contributed by atoms with Crippen LogP contribution >= 0.6 is 0 Å². The number of hydrogen-bond acceptors (Lipinski definition) is 2. The third-order valence-electron chi connectivity index (χ3n) is 1.47. The normalized spacial score (nSPS) is 12.8. The van der Waals surface area contributed by atoms with Crippen molar-refractivity contribution in [1.82, 2.24) is 4.57 Å². The van der Waals surface area contributed by atoms with Crippen LogP contribution in [-0.2, 0) is 6.54 Å². The first-order valence-corrected chi connectivity index (χ1v) is 3.66. The van der Waals surface area contributed by atoms with E-state index in [1.54, 1.807) is 17.7 Å². The first-order chi connectivity index (χ1) is 5.59. The summed E-state index contributed by atoms with van der Waals surface area (Å²) in [4.78, 5) is 10.4. The Morgan fingerprint density at radius 3 is 2.83 bits per heavy atom. The van der Waals surface area contributed by atoms with E-state index in [4.69, 9.17) is 10.2 Å². The third-order valence-corrected chi connectivity index (χ3v) is 1.47. The van der Waals surface area contributed by atoms with E-state index in [0.717, 1.165) is 0 Å². The number of aliphatic hydroxyl groups is 1. The number of carboxylic acids is 1. The van der Waals surface area contributed by atoms with Gasteiger partial charge >= 0.3 is 5.97 Å². The lowest BCUT2D eigenvalue weighted by Crippen LogP contribution is -2.09. The van der Waals surface area contributed by atoms with E-state index in [2.05, 4.69) is 0 Å². The first-order valence-electron chi connectivity index (χ1n) is 3.66. The fourth-order valence-electron chi connectivity index (χ4n) is 0.986. The largest absolute Gasteiger partial charge is 0.478 e. The van der Waals surface area contributed by atoms with Gasteiger partial charge in [-0.15, -0.1) is 0 Å². The molecule has 0 radical (unpaired) electrons. The molecule has 0 fully saturated rings. The minimum Gasteiger partial charge on any atom is -0.478 e. The molecule has 1 rings (SSSR count). The van der Waals surface area contributed by atoms with Crippen molar-refractivity contribution < 1.29 is 15.0 Å². The predicted octanol–water partition coefficient (Wildman–Crippen LogP) is 0.567. The number of hydrogen-bond donors (Lipinski definition) is 2. The fourth-order valence-corrected chi connectivity index (χ4v) is 0.986. The van der Waals surface area contributed by atoms with Crippen molar-refractivity contribution in [1.29, 1.82) is 0 Å². The Morgan fingerprint density at radius 2 is 2.42 bits per heavy atom. The number of carboxylic acid groups (broad SMARTS) is 1. The summed E-state index contributed by atoms with van der Waals surface area (Å²) in [5.41, 5.74) is 0.246. The molecule has 2 N–H and O–H groups in total. The van der Waals surface area contributed by atoms with E-state index in [9.17, 15) is 4.79 Å². The molecule has 1 heterocycles. The molecule has 0 saturated heterocycles. The molecule has 0 spiro atoms. The summed E-state index contributed by atoms with van der Waals surface area (Å²) < 4.78 is 1.65. The van der Waals surface area contributed by atoms with Gasteiger partial charge in [-0.1, -0.05) is 0 Å². The maximum Gasteiger partial charge on any atom is 0.337 e. The standard InChI is InChI=1S/C8H11NO3/c1-6(10)4-9-3-2-7(5-9)8(11)12/h2-3,5-6,10H,4H2,1H3,(H,11,12). The summed E-state index contributed by atoms with van der Waals surface area (Å²) in [6.07, 6.45) is 2.67. The Morgan fingerprint density at radius 1 is 1.75 bits per heavy atom. The first kappa shape index (κ1) is 8.80. The molecule has 1 unspecified atom stereocenters. The maximum absolute atomic E-state index is 10.4. The molecule has 0 saturated carbocycles. The minimum absolute atomic E-state index is 0.246. The molecule has 66 valence electrons. The lowest BCUT2D eigenvalue weighted by atomic mass is 10.3. The lowest BCUT2D eigenvalue weighted by Gasteiger charge is -2.03. The molecule has 1 atom stereocenters. The Hall–Kier alpha value is -1.29. The molecule has 0 bridgehead atoms. The van der Waals surface area contributed by atoms with Crippen LogP contribution in [-0.4, -0.2) is 26.9 Å². The smallest absolute Gasteiger partial charge is 0.337 e. The van der Waals surface area contributed by atoms with Crippen molar-refractivity contribution in [2.24, 2.45) is 0 Å². The highest BCUT2D eigenvalue weighted by Crippen LogP contribution is 2.01. The van der Waals surface area contributed by atoms with Crippen LogP contribution in [0.1, 0.15) is 17.3 Å². The quantitative estimate of drug-likeness (QED) is 0.695. The van der Waals surface area contributed by atoms with Crippen molar-refractivity contribution in [3.8, 4) is 0 Å². The van der Waals surface area contributed by atoms with Gasteiger partial charge in [0.05, 0.1) is 11.7 Å². The Labute approximate surface area is 70.1 Å². The van der Waals surface area contributed by atoms with Gasteiger partial charge in [-0.25, -0.2) is 4.79 Å². The average Bonchev–Trinajstić information content (AvgIpc) is 2.34. The van der Waals surface area contributed by atoms with Gasteiger partial charge in [-0.2, -0.15) is 0 Å². The average molecular weight is 169 g/mol. The highest BCUT2D eigenvalue weighted by Gasteiger charge is 2.04. The van der Waals surface area contributed by atoms with Crippen molar-refractivity contribution in [2.45, 2.75) is 19.6 Å². The van der Waals surface area contributed by atoms with E-state index in [-0.39, 0.29) is 5.56 Å². The van der Waals surface area contributed by atoms with Crippen molar-refractivity contribution >= 4 is 5.97 Å². The molecule has 1 aromatic heterocycles. The van der Waals surface area contributed by atoms with Crippen LogP contribution in [0.5, 0.6) is 0 Å². The Kier molecular flexibility index (Phi) is 2.50. The zero-order valence-electron chi connectivity index (χ0n) is 6.77. The summed E-state index contributed by atoms with van der Waals surface area (Å²) in [5.74, 6) is -0.945. The van der Waals surface area contributed by atoms with Crippen LogP contribution in [0.3, 0.4) is 0 Å². The zero-order chi connectivity index (χ0) is 9.14. The summed E-state index contributed by atoms with van der Waals surface area (Å²) in [6.45, 7) is 2.08. The van der Waals surface area contributed by atoms with Crippen LogP contribution in [0.15, 0.2) is 18.5 Å². The van der Waals surface area contributed by atoms with Crippen LogP contribution < -0.4 is 0 Å². The van der Waals surface area contributed by atoms with Gasteiger partial charge in [0, 0.05) is 18.9 Å². The monoisotopic (exact) mass is 169 g/mol. The number of rotatable bonds is 3. The van der Waals surface area contributed by atoms with Crippen LogP contribution in [0, 0.1) is 0 Å². The minimum atomic E-state index is -0.945. The van der Waals surface area contributed by atoms with E-state index >= 15 is 0 Å². The number of aromatic nitrogens is 1. The topological polar surface area (TPSA) is 62.5 Å². The van der Waals surface area contributed by atoms with Crippen molar-refractivity contribution in [3.05, 3.63) is 24.0 Å². The van der Waals surface area contributed by atoms with E-state index < -0.39 is 12.1 Å². The summed E-state index contributed by atoms with van der Waals surface area (Å²) in [7, 11) is 0. The number of nitrogens with zero attached hydrogens (tertiary/aromatic N) is 1. The molecule has 0 aliphatic carbocycles. The van der Waals surface area contributed by atoms with Gasteiger partial charge < -0.3 is 14.8 Å². The molecule has 0 aliphatic rings. The van der Waals surface area contributed by atoms with Crippen LogP contribution in [0.25, 0.3) is 0 Å². The van der Waals surface area contributed by atoms with Crippen molar-refractivity contribution in [3.63, 3.8) is 0 Å². The number of carbonyl (C=O) groups is 1. The third kappa shape index (κ3) is 2.10. The fraction of sp³-hybridized carbons (Fsp3) is 0.375. The van der Waals surface area contributed by atoms with Gasteiger partial charge in [-0.3, -0.25) is 0 Å². The number of aromatic carboxylic acids is 1. The van der Waals surface area contributed by atoms with Gasteiger partial charge in [0.1, 0.15) is 0 Å². The summed E-state index contributed by atoms with van der Waals surface area (Å²) in [6, 6.07) is 1.50. The molecule has 1 aromatic rings. The molecule has 12 heavy (non-hydrogen) atoms. The van der Waals surface area contributed by atoms with Gasteiger partial charge in [0.2, 0.25) is 0 Å². The lowest BCUT2D eigenvalue weighted by molar-refractivity contribution is 0.0696. The molecule has 0 aromatic carbocycles. The van der Waals surface area contributed by atoms with Gasteiger partial charge in [-0.05, 0) is 13.0 Å². The van der Waals surface area contributed by atoms with Gasteiger partial charge in [0.15, 0.2) is 0 Å². The molecular formula is C8H11NO3. The van der Waals surface area contributed by atoms with E-state index in [0.29, 0.717) is 6.54 Å². The maximum atomic E-state index is 10.4. The van der Waals surface area contributed by atoms with E-state index in [1.807, 2.05) is 0 Å². The molecule has 4 heteroatoms. The Balaban J connectivity index is 2.71. The number of aliphatic hydroxyl groups excluding tert-OH is 1. The zero-order valence-corrected chi connectivity index (χ0v) is 6.77. The Bertz CT molecular complexity index is 278.